The maximum absolute atomic E-state index is 14.8. The van der Waals surface area contributed by atoms with Crippen molar-refractivity contribution in [1.29, 1.82) is 0 Å². The summed E-state index contributed by atoms with van der Waals surface area (Å²) in [5.74, 6) is 4.80. The lowest BCUT2D eigenvalue weighted by atomic mass is 9.56. The van der Waals surface area contributed by atoms with Gasteiger partial charge in [-0.1, -0.05) is 72.5 Å². The summed E-state index contributed by atoms with van der Waals surface area (Å²) in [4.78, 5) is 84.0. The summed E-state index contributed by atoms with van der Waals surface area (Å²) in [7, 11) is 0. The number of hydrogen-bond acceptors (Lipinski definition) is 7. The zero-order chi connectivity index (χ0) is 42.7. The van der Waals surface area contributed by atoms with E-state index in [0.29, 0.717) is 66.5 Å². The number of piperidine rings is 1. The average molecular weight is 874 g/mol. The number of amides is 6. The fourth-order valence-corrected chi connectivity index (χ4v) is 13.0. The van der Waals surface area contributed by atoms with Gasteiger partial charge in [-0.25, -0.2) is 0 Å². The quantitative estimate of drug-likeness (QED) is 0.197. The van der Waals surface area contributed by atoms with E-state index in [1.54, 1.807) is 12.1 Å². The lowest BCUT2D eigenvalue weighted by Crippen LogP contribution is -2.60. The van der Waals surface area contributed by atoms with E-state index < -0.39 is 34.9 Å². The molecule has 3 aliphatic carbocycles. The van der Waals surface area contributed by atoms with Crippen LogP contribution in [0.5, 0.6) is 0 Å². The first-order valence-electron chi connectivity index (χ1n) is 22.1. The van der Waals surface area contributed by atoms with Crippen LogP contribution in [-0.2, 0) is 35.9 Å². The maximum atomic E-state index is 14.8. The summed E-state index contributed by atoms with van der Waals surface area (Å²) in [6.45, 7) is 1.32. The first-order chi connectivity index (χ1) is 30.0. The number of fused-ring (bicyclic) bond motifs is 5. The minimum atomic E-state index is -1.03. The molecular formula is C48H46Cl2N6O6. The Labute approximate surface area is 369 Å². The summed E-state index contributed by atoms with van der Waals surface area (Å²) >= 11 is 13.9. The maximum Gasteiger partial charge on any atom is 0.255 e. The Kier molecular flexibility index (Phi) is 9.38. The van der Waals surface area contributed by atoms with Gasteiger partial charge in [-0.15, -0.1) is 0 Å². The first kappa shape index (κ1) is 39.6. The molecule has 5 fully saturated rings. The van der Waals surface area contributed by atoms with E-state index in [9.17, 15) is 28.8 Å². The van der Waals surface area contributed by atoms with E-state index in [-0.39, 0.29) is 60.4 Å². The SMILES string of the molecule is O=C1CCC(N2Cc3c(C#CC4CN(C(=O)C5CCC(NC(=O)[C@@H]6NC7(CCCCC7)[C@]78C(=O)Nc9cc(Cl)c(cc97)-c7c(Cl)cccc7[C@@H]68)CC5)C4)cccc3C2=O)C(=O)N1. The third kappa shape index (κ3) is 5.84. The van der Waals surface area contributed by atoms with Crippen molar-refractivity contribution in [2.45, 2.75) is 112 Å². The van der Waals surface area contributed by atoms with E-state index in [4.69, 9.17) is 23.2 Å². The molecule has 2 bridgehead atoms. The van der Waals surface area contributed by atoms with Gasteiger partial charge in [0.05, 0.1) is 17.0 Å². The second-order valence-corrected chi connectivity index (χ2v) is 19.4. The van der Waals surface area contributed by atoms with Crippen molar-refractivity contribution in [3.05, 3.63) is 86.4 Å². The predicted molar refractivity (Wildman–Crippen MR) is 231 cm³/mol. The number of benzene rings is 3. The first-order valence-corrected chi connectivity index (χ1v) is 22.8. The highest BCUT2D eigenvalue weighted by Crippen LogP contribution is 2.66. The fraction of sp³-hybridized carbons (Fsp3) is 0.458. The minimum absolute atomic E-state index is 0.00329. The Morgan fingerprint density at radius 1 is 0.855 bits per heavy atom. The van der Waals surface area contributed by atoms with Crippen molar-refractivity contribution in [1.82, 2.24) is 25.8 Å². The largest absolute Gasteiger partial charge is 0.352 e. The normalized spacial score (nSPS) is 29.1. The highest BCUT2D eigenvalue weighted by atomic mass is 35.5. The summed E-state index contributed by atoms with van der Waals surface area (Å²) in [6, 6.07) is 13.5. The lowest BCUT2D eigenvalue weighted by molar-refractivity contribution is -0.142. The number of halogens is 2. The van der Waals surface area contributed by atoms with Gasteiger partial charge in [0.2, 0.25) is 29.5 Å². The summed E-state index contributed by atoms with van der Waals surface area (Å²) in [6.07, 6.45) is 7.67. The molecule has 4 atom stereocenters. The van der Waals surface area contributed by atoms with Crippen LogP contribution in [0, 0.1) is 23.7 Å². The van der Waals surface area contributed by atoms with Crippen LogP contribution in [-0.4, -0.2) is 82.0 Å². The molecular weight excluding hydrogens is 827 g/mol. The summed E-state index contributed by atoms with van der Waals surface area (Å²) in [5.41, 5.74) is 4.37. The van der Waals surface area contributed by atoms with Crippen LogP contribution in [0.2, 0.25) is 10.0 Å². The number of carbonyl (C=O) groups is 6. The smallest absolute Gasteiger partial charge is 0.255 e. The van der Waals surface area contributed by atoms with Crippen LogP contribution in [0.1, 0.15) is 109 Å². The van der Waals surface area contributed by atoms with Crippen LogP contribution in [0.4, 0.5) is 5.69 Å². The number of anilines is 1. The number of imide groups is 1. The van der Waals surface area contributed by atoms with Crippen molar-refractivity contribution >= 4 is 64.3 Å². The topological polar surface area (TPSA) is 157 Å². The highest BCUT2D eigenvalue weighted by Gasteiger charge is 2.73. The van der Waals surface area contributed by atoms with Crippen LogP contribution < -0.4 is 21.3 Å². The van der Waals surface area contributed by atoms with Gasteiger partial charge < -0.3 is 20.4 Å². The number of nitrogens with one attached hydrogen (secondary N) is 4. The molecule has 2 spiro atoms. The third-order valence-electron chi connectivity index (χ3n) is 15.4. The average Bonchev–Trinajstić information content (AvgIpc) is 3.80. The van der Waals surface area contributed by atoms with E-state index in [1.165, 1.54) is 4.90 Å². The molecule has 6 amide bonds. The van der Waals surface area contributed by atoms with Gasteiger partial charge in [0.1, 0.15) is 11.5 Å². The van der Waals surface area contributed by atoms with Gasteiger partial charge in [-0.2, -0.15) is 0 Å². The van der Waals surface area contributed by atoms with Gasteiger partial charge in [0, 0.05) is 82.4 Å². The van der Waals surface area contributed by atoms with Gasteiger partial charge in [0.15, 0.2) is 0 Å². The molecule has 2 saturated carbocycles. The third-order valence-corrected chi connectivity index (χ3v) is 16.0. The molecule has 62 heavy (non-hydrogen) atoms. The molecule has 318 valence electrons. The van der Waals surface area contributed by atoms with Crippen molar-refractivity contribution in [3.8, 4) is 23.0 Å². The molecule has 1 unspecified atom stereocenters. The van der Waals surface area contributed by atoms with Crippen LogP contribution in [0.3, 0.4) is 0 Å². The Bertz CT molecular complexity index is 2580. The highest BCUT2D eigenvalue weighted by molar-refractivity contribution is 6.37. The van der Waals surface area contributed by atoms with Crippen molar-refractivity contribution in [2.75, 3.05) is 18.4 Å². The van der Waals surface area contributed by atoms with E-state index in [1.807, 2.05) is 41.3 Å². The van der Waals surface area contributed by atoms with Gasteiger partial charge >= 0.3 is 0 Å². The molecule has 12 nitrogen and oxygen atoms in total. The number of likely N-dealkylation sites (tertiary alicyclic amines) is 1. The zero-order valence-electron chi connectivity index (χ0n) is 34.1. The van der Waals surface area contributed by atoms with E-state index in [0.717, 1.165) is 65.5 Å². The Morgan fingerprint density at radius 2 is 1.63 bits per heavy atom. The van der Waals surface area contributed by atoms with Crippen LogP contribution >= 0.6 is 23.2 Å². The summed E-state index contributed by atoms with van der Waals surface area (Å²) < 4.78 is 0. The number of rotatable bonds is 4. The molecule has 0 radical (unpaired) electrons. The molecule has 3 aromatic rings. The molecule has 0 aromatic heterocycles. The monoisotopic (exact) mass is 872 g/mol. The molecule has 5 heterocycles. The van der Waals surface area contributed by atoms with Crippen LogP contribution in [0.15, 0.2) is 48.5 Å². The molecule has 11 rings (SSSR count). The fourth-order valence-electron chi connectivity index (χ4n) is 12.4. The summed E-state index contributed by atoms with van der Waals surface area (Å²) in [5, 5.41) is 13.8. The molecule has 3 saturated heterocycles. The Hall–Kier alpha value is -5.22. The predicted octanol–water partition coefficient (Wildman–Crippen LogP) is 5.57. The zero-order valence-corrected chi connectivity index (χ0v) is 35.6. The number of nitrogens with zero attached hydrogens (tertiary/aromatic N) is 2. The van der Waals surface area contributed by atoms with Crippen molar-refractivity contribution in [3.63, 3.8) is 0 Å². The lowest BCUT2D eigenvalue weighted by Gasteiger charge is -2.46. The standard InChI is InChI=1S/C48H46Cl2N6O6/c49-34-9-5-8-30-39(34)31-20-33-36(21-35(31)50)52-46(62)48(33)40(30)41(54-47(48)18-2-1-3-19-47)43(59)51-28-14-12-27(13-15-28)44(60)55-22-25(23-55)10-11-26-6-4-7-29-32(26)24-56(45(29)61)37-16-17-38(57)53-42(37)58/h4-9,20-21,25,27-28,37,40-41,54H,1-3,12-19,22-24H2,(H,51,59)(H,52,62)(H,53,57,58)/t27?,28?,37?,40-,41+,48+/m0/s1. The molecule has 5 aliphatic heterocycles. The minimum Gasteiger partial charge on any atom is -0.352 e. The number of hydrogen-bond donors (Lipinski definition) is 4. The second-order valence-electron chi connectivity index (χ2n) is 18.6. The van der Waals surface area contributed by atoms with Gasteiger partial charge in [-0.05, 0) is 92.0 Å². The molecule has 4 N–H and O–H groups in total. The second kappa shape index (κ2) is 14.7. The molecule has 3 aromatic carbocycles. The van der Waals surface area contributed by atoms with Crippen molar-refractivity contribution in [2.24, 2.45) is 11.8 Å². The van der Waals surface area contributed by atoms with Crippen molar-refractivity contribution < 1.29 is 28.8 Å². The van der Waals surface area contributed by atoms with E-state index in [2.05, 4.69) is 33.1 Å². The number of carbonyl (C=O) groups excluding carboxylic acids is 6. The van der Waals surface area contributed by atoms with Crippen LogP contribution in [0.25, 0.3) is 11.1 Å². The van der Waals surface area contributed by atoms with Gasteiger partial charge in [-0.3, -0.25) is 39.4 Å². The Balaban J connectivity index is 0.751. The molecule has 14 heteroatoms. The van der Waals surface area contributed by atoms with Gasteiger partial charge in [0.25, 0.3) is 5.91 Å². The molecule has 8 aliphatic rings. The van der Waals surface area contributed by atoms with E-state index >= 15 is 0 Å². The Morgan fingerprint density at radius 3 is 2.40 bits per heavy atom.